The van der Waals surface area contributed by atoms with E-state index in [1.54, 1.807) is 0 Å². The minimum atomic E-state index is -0.726. The molecule has 1 aromatic heterocycles. The maximum atomic E-state index is 10.5. The number of carbonyl (C=O) groups is 1. The van der Waals surface area contributed by atoms with Gasteiger partial charge in [0, 0.05) is 32.7 Å². The van der Waals surface area contributed by atoms with Crippen LogP contribution >= 0.6 is 15.9 Å². The van der Waals surface area contributed by atoms with Gasteiger partial charge in [-0.15, -0.1) is 0 Å². The molecule has 1 atom stereocenters. The molecule has 0 radical (unpaired) electrons. The van der Waals surface area contributed by atoms with Gasteiger partial charge in [0.05, 0.1) is 12.5 Å². The third-order valence-corrected chi connectivity index (χ3v) is 4.03. The third kappa shape index (κ3) is 4.06. The minimum Gasteiger partial charge on any atom is -0.481 e. The van der Waals surface area contributed by atoms with Crippen LogP contribution in [0, 0.1) is 0 Å². The van der Waals surface area contributed by atoms with E-state index in [2.05, 4.69) is 32.7 Å². The number of hydrogen-bond donors (Lipinski definition) is 1. The predicted octanol–water partition coefficient (Wildman–Crippen LogP) is 2.20. The van der Waals surface area contributed by atoms with Crippen molar-refractivity contribution in [3.63, 3.8) is 0 Å². The molecular weight excluding hydrogens is 312 g/mol. The largest absolute Gasteiger partial charge is 0.481 e. The van der Waals surface area contributed by atoms with Crippen LogP contribution in [0.25, 0.3) is 0 Å². The SMILES string of the molecule is CC(c1ccc(Br)o1)N1CCN(CCC(=O)O)CC1. The van der Waals surface area contributed by atoms with E-state index in [0.717, 1.165) is 36.6 Å². The Morgan fingerprint density at radius 1 is 1.42 bits per heavy atom. The van der Waals surface area contributed by atoms with E-state index in [4.69, 9.17) is 9.52 Å². The Kier molecular flexibility index (Phi) is 5.01. The molecule has 0 bridgehead atoms. The highest BCUT2D eigenvalue weighted by atomic mass is 79.9. The number of nitrogens with zero attached hydrogens (tertiary/aromatic N) is 2. The Hall–Kier alpha value is -0.850. The molecule has 0 spiro atoms. The lowest BCUT2D eigenvalue weighted by Crippen LogP contribution is -2.47. The van der Waals surface area contributed by atoms with Crippen LogP contribution in [-0.2, 0) is 4.79 Å². The molecule has 0 amide bonds. The lowest BCUT2D eigenvalue weighted by molar-refractivity contribution is -0.137. The molecule has 1 unspecified atom stereocenters. The second kappa shape index (κ2) is 6.54. The number of furan rings is 1. The summed E-state index contributed by atoms with van der Waals surface area (Å²) in [6.07, 6.45) is 0.223. The summed E-state index contributed by atoms with van der Waals surface area (Å²) in [5, 5.41) is 8.68. The summed E-state index contributed by atoms with van der Waals surface area (Å²) in [6.45, 7) is 6.50. The number of aliphatic carboxylic acids is 1. The van der Waals surface area contributed by atoms with Gasteiger partial charge in [-0.3, -0.25) is 9.69 Å². The van der Waals surface area contributed by atoms with Crippen molar-refractivity contribution in [3.8, 4) is 0 Å². The fourth-order valence-corrected chi connectivity index (χ4v) is 2.68. The number of hydrogen-bond acceptors (Lipinski definition) is 4. The molecule has 2 rings (SSSR count). The summed E-state index contributed by atoms with van der Waals surface area (Å²) in [7, 11) is 0. The molecule has 1 aliphatic rings. The van der Waals surface area contributed by atoms with Gasteiger partial charge in [0.2, 0.25) is 0 Å². The first-order valence-corrected chi connectivity index (χ1v) is 7.29. The van der Waals surface area contributed by atoms with Gasteiger partial charge in [-0.25, -0.2) is 0 Å². The van der Waals surface area contributed by atoms with E-state index in [9.17, 15) is 4.79 Å². The van der Waals surface area contributed by atoms with Crippen LogP contribution in [0.1, 0.15) is 25.1 Å². The summed E-state index contributed by atoms with van der Waals surface area (Å²) < 4.78 is 6.35. The number of carboxylic acid groups (broad SMARTS) is 1. The smallest absolute Gasteiger partial charge is 0.304 e. The Labute approximate surface area is 121 Å². The standard InChI is InChI=1S/C13H19BrN2O3/c1-10(11-2-3-12(14)19-11)16-8-6-15(7-9-16)5-4-13(17)18/h2-3,10H,4-9H2,1H3,(H,17,18). The third-order valence-electron chi connectivity index (χ3n) is 3.60. The van der Waals surface area contributed by atoms with E-state index < -0.39 is 5.97 Å². The number of piperazine rings is 1. The molecule has 5 nitrogen and oxygen atoms in total. The zero-order valence-corrected chi connectivity index (χ0v) is 12.6. The van der Waals surface area contributed by atoms with Crippen molar-refractivity contribution in [3.05, 3.63) is 22.6 Å². The van der Waals surface area contributed by atoms with Crippen LogP contribution in [0.5, 0.6) is 0 Å². The van der Waals surface area contributed by atoms with Gasteiger partial charge in [0.25, 0.3) is 0 Å². The number of halogens is 1. The molecule has 0 aliphatic carbocycles. The van der Waals surface area contributed by atoms with Crippen LogP contribution in [0.2, 0.25) is 0 Å². The lowest BCUT2D eigenvalue weighted by Gasteiger charge is -2.37. The highest BCUT2D eigenvalue weighted by molar-refractivity contribution is 9.10. The summed E-state index contributed by atoms with van der Waals surface area (Å²) in [5.74, 6) is 0.238. The van der Waals surface area contributed by atoms with Crippen LogP contribution in [0.4, 0.5) is 0 Å². The topological polar surface area (TPSA) is 56.9 Å². The Morgan fingerprint density at radius 2 is 2.11 bits per heavy atom. The molecule has 19 heavy (non-hydrogen) atoms. The fourth-order valence-electron chi connectivity index (χ4n) is 2.36. The van der Waals surface area contributed by atoms with Gasteiger partial charge in [-0.05, 0) is 35.0 Å². The molecule has 1 N–H and O–H groups in total. The quantitative estimate of drug-likeness (QED) is 0.896. The van der Waals surface area contributed by atoms with E-state index in [1.807, 2.05) is 12.1 Å². The van der Waals surface area contributed by atoms with Crippen molar-refractivity contribution < 1.29 is 14.3 Å². The van der Waals surface area contributed by atoms with Crippen molar-refractivity contribution in [2.75, 3.05) is 32.7 Å². The summed E-state index contributed by atoms with van der Waals surface area (Å²) in [5.41, 5.74) is 0. The van der Waals surface area contributed by atoms with Gasteiger partial charge in [-0.2, -0.15) is 0 Å². The van der Waals surface area contributed by atoms with Crippen LogP contribution in [0.3, 0.4) is 0 Å². The second-order valence-electron chi connectivity index (χ2n) is 4.84. The molecule has 106 valence electrons. The maximum absolute atomic E-state index is 10.5. The fraction of sp³-hybridized carbons (Fsp3) is 0.615. The Morgan fingerprint density at radius 3 is 2.63 bits per heavy atom. The normalized spacial score (nSPS) is 19.5. The molecule has 1 saturated heterocycles. The van der Waals surface area contributed by atoms with Gasteiger partial charge in [0.15, 0.2) is 4.67 Å². The zero-order valence-electron chi connectivity index (χ0n) is 11.0. The number of carboxylic acids is 1. The highest BCUT2D eigenvalue weighted by Crippen LogP contribution is 2.25. The Balaban J connectivity index is 1.81. The van der Waals surface area contributed by atoms with Crippen LogP contribution in [-0.4, -0.2) is 53.6 Å². The van der Waals surface area contributed by atoms with Crippen molar-refractivity contribution in [2.45, 2.75) is 19.4 Å². The molecular formula is C13H19BrN2O3. The average molecular weight is 331 g/mol. The first kappa shape index (κ1) is 14.6. The number of rotatable bonds is 5. The van der Waals surface area contributed by atoms with E-state index in [-0.39, 0.29) is 12.5 Å². The zero-order chi connectivity index (χ0) is 13.8. The molecule has 1 aliphatic heterocycles. The van der Waals surface area contributed by atoms with Gasteiger partial charge in [-0.1, -0.05) is 0 Å². The first-order chi connectivity index (χ1) is 9.06. The van der Waals surface area contributed by atoms with Crippen molar-refractivity contribution in [2.24, 2.45) is 0 Å². The summed E-state index contributed by atoms with van der Waals surface area (Å²) >= 11 is 3.32. The monoisotopic (exact) mass is 330 g/mol. The maximum Gasteiger partial charge on any atom is 0.304 e. The van der Waals surface area contributed by atoms with Gasteiger partial charge >= 0.3 is 5.97 Å². The molecule has 1 aromatic rings. The molecule has 1 fully saturated rings. The summed E-state index contributed by atoms with van der Waals surface area (Å²) in [4.78, 5) is 15.1. The predicted molar refractivity (Wildman–Crippen MR) is 75.1 cm³/mol. The van der Waals surface area contributed by atoms with Crippen LogP contribution in [0.15, 0.2) is 21.2 Å². The lowest BCUT2D eigenvalue weighted by atomic mass is 10.2. The van der Waals surface area contributed by atoms with Gasteiger partial charge < -0.3 is 14.4 Å². The van der Waals surface area contributed by atoms with Crippen molar-refractivity contribution in [1.82, 2.24) is 9.80 Å². The molecule has 0 aromatic carbocycles. The van der Waals surface area contributed by atoms with Crippen molar-refractivity contribution >= 4 is 21.9 Å². The molecule has 0 saturated carbocycles. The van der Waals surface area contributed by atoms with E-state index >= 15 is 0 Å². The molecule has 6 heteroatoms. The average Bonchev–Trinajstić information content (AvgIpc) is 2.83. The summed E-state index contributed by atoms with van der Waals surface area (Å²) in [6, 6.07) is 4.16. The highest BCUT2D eigenvalue weighted by Gasteiger charge is 2.23. The van der Waals surface area contributed by atoms with Crippen LogP contribution < -0.4 is 0 Å². The second-order valence-corrected chi connectivity index (χ2v) is 5.62. The van der Waals surface area contributed by atoms with Crippen molar-refractivity contribution in [1.29, 1.82) is 0 Å². The van der Waals surface area contributed by atoms with E-state index in [0.29, 0.717) is 6.54 Å². The Bertz CT molecular complexity index is 427. The first-order valence-electron chi connectivity index (χ1n) is 6.49. The van der Waals surface area contributed by atoms with E-state index in [1.165, 1.54) is 0 Å². The minimum absolute atomic E-state index is 0.223. The van der Waals surface area contributed by atoms with Gasteiger partial charge in [0.1, 0.15) is 5.76 Å². The molecule has 2 heterocycles.